The fraction of sp³-hybridized carbons (Fsp3) is 0.600. The third kappa shape index (κ3) is 6.34. The lowest BCUT2D eigenvalue weighted by Crippen LogP contribution is -2.04. The van der Waals surface area contributed by atoms with Crippen LogP contribution in [-0.4, -0.2) is 39.5 Å². The Hall–Kier alpha value is -1.56. The molecule has 1 heterocycles. The van der Waals surface area contributed by atoms with E-state index < -0.39 is 0 Å². The maximum atomic E-state index is 5.68. The van der Waals surface area contributed by atoms with Crippen molar-refractivity contribution in [3.8, 4) is 11.5 Å². The molecule has 2 rings (SSSR count). The summed E-state index contributed by atoms with van der Waals surface area (Å²) in [5.74, 6) is 1.48. The van der Waals surface area contributed by atoms with E-state index in [0.717, 1.165) is 30.6 Å². The highest BCUT2D eigenvalue weighted by atomic mass is 16.7. The summed E-state index contributed by atoms with van der Waals surface area (Å²) in [5, 5.41) is 0. The van der Waals surface area contributed by atoms with Crippen molar-refractivity contribution in [1.82, 2.24) is 0 Å². The monoisotopic (exact) mass is 350 g/mol. The van der Waals surface area contributed by atoms with Crippen molar-refractivity contribution < 1.29 is 23.7 Å². The number of rotatable bonds is 11. The minimum atomic E-state index is 0.0689. The van der Waals surface area contributed by atoms with Gasteiger partial charge < -0.3 is 23.7 Å². The molecule has 0 N–H and O–H groups in total. The molecule has 1 fully saturated rings. The van der Waals surface area contributed by atoms with Crippen LogP contribution in [0.5, 0.6) is 11.5 Å². The minimum absolute atomic E-state index is 0.0689. The molecule has 1 aliphatic rings. The van der Waals surface area contributed by atoms with Crippen LogP contribution in [0.25, 0.3) is 0 Å². The lowest BCUT2D eigenvalue weighted by Gasteiger charge is -2.12. The first kappa shape index (κ1) is 19.8. The Morgan fingerprint density at radius 3 is 2.48 bits per heavy atom. The SMILES string of the molecule is COCOc1ccc(C/C=C(\C)CCC2OC2(C)C)c(OCOC)c1. The third-order valence-electron chi connectivity index (χ3n) is 4.35. The molecule has 0 aromatic heterocycles. The van der Waals surface area contributed by atoms with Crippen molar-refractivity contribution >= 4 is 0 Å². The van der Waals surface area contributed by atoms with Gasteiger partial charge in [0.2, 0.25) is 0 Å². The molecular weight excluding hydrogens is 320 g/mol. The Morgan fingerprint density at radius 1 is 1.16 bits per heavy atom. The van der Waals surface area contributed by atoms with E-state index in [2.05, 4.69) is 26.8 Å². The smallest absolute Gasteiger partial charge is 0.188 e. The van der Waals surface area contributed by atoms with Crippen LogP contribution in [0.3, 0.4) is 0 Å². The van der Waals surface area contributed by atoms with Gasteiger partial charge in [0.25, 0.3) is 0 Å². The molecule has 25 heavy (non-hydrogen) atoms. The topological polar surface area (TPSA) is 49.5 Å². The molecule has 0 bridgehead atoms. The van der Waals surface area contributed by atoms with E-state index in [-0.39, 0.29) is 19.2 Å². The van der Waals surface area contributed by atoms with Crippen LogP contribution in [-0.2, 0) is 20.6 Å². The van der Waals surface area contributed by atoms with E-state index in [0.29, 0.717) is 11.9 Å². The summed E-state index contributed by atoms with van der Waals surface area (Å²) in [4.78, 5) is 0. The molecule has 1 aromatic carbocycles. The number of allylic oxidation sites excluding steroid dienone is 2. The zero-order valence-corrected chi connectivity index (χ0v) is 16.0. The van der Waals surface area contributed by atoms with Crippen molar-refractivity contribution in [1.29, 1.82) is 0 Å². The summed E-state index contributed by atoms with van der Waals surface area (Å²) in [6.45, 7) is 6.87. The van der Waals surface area contributed by atoms with Crippen molar-refractivity contribution in [3.05, 3.63) is 35.4 Å². The number of methoxy groups -OCH3 is 2. The lowest BCUT2D eigenvalue weighted by molar-refractivity contribution is 0.0456. The van der Waals surface area contributed by atoms with Gasteiger partial charge in [-0.3, -0.25) is 0 Å². The van der Waals surface area contributed by atoms with Gasteiger partial charge in [-0.25, -0.2) is 0 Å². The van der Waals surface area contributed by atoms with E-state index in [1.165, 1.54) is 5.57 Å². The standard InChI is InChI=1S/C20H30O5/c1-15(7-11-19-20(2,3)25-19)6-8-16-9-10-17(23-13-21-4)12-18(16)24-14-22-5/h6,9-10,12,19H,7-8,11,13-14H2,1-5H3/b15-6+. The van der Waals surface area contributed by atoms with Gasteiger partial charge in [0, 0.05) is 20.3 Å². The second kappa shape index (κ2) is 9.22. The van der Waals surface area contributed by atoms with Gasteiger partial charge in [0.15, 0.2) is 13.6 Å². The first-order valence-electron chi connectivity index (χ1n) is 8.66. The Bertz CT molecular complexity index is 579. The number of hydrogen-bond donors (Lipinski definition) is 0. The molecule has 0 saturated carbocycles. The minimum Gasteiger partial charge on any atom is -0.467 e. The summed E-state index contributed by atoms with van der Waals surface area (Å²) < 4.78 is 26.8. The summed E-state index contributed by atoms with van der Waals surface area (Å²) in [6, 6.07) is 5.82. The Labute approximate surface area is 150 Å². The first-order valence-corrected chi connectivity index (χ1v) is 8.66. The van der Waals surface area contributed by atoms with Crippen LogP contribution >= 0.6 is 0 Å². The van der Waals surface area contributed by atoms with Crippen LogP contribution in [0.2, 0.25) is 0 Å². The quantitative estimate of drug-likeness (QED) is 0.342. The van der Waals surface area contributed by atoms with E-state index >= 15 is 0 Å². The Morgan fingerprint density at radius 2 is 1.84 bits per heavy atom. The number of epoxide rings is 1. The maximum absolute atomic E-state index is 5.68. The second-order valence-corrected chi connectivity index (χ2v) is 6.87. The summed E-state index contributed by atoms with van der Waals surface area (Å²) in [5.41, 5.74) is 2.53. The van der Waals surface area contributed by atoms with Gasteiger partial charge in [0.1, 0.15) is 11.5 Å². The van der Waals surface area contributed by atoms with E-state index in [1.807, 2.05) is 18.2 Å². The molecule has 5 nitrogen and oxygen atoms in total. The third-order valence-corrected chi connectivity index (χ3v) is 4.35. The highest BCUT2D eigenvalue weighted by Crippen LogP contribution is 2.39. The molecule has 0 amide bonds. The lowest BCUT2D eigenvalue weighted by atomic mass is 10.0. The molecule has 0 spiro atoms. The van der Waals surface area contributed by atoms with Crippen LogP contribution in [0.1, 0.15) is 39.2 Å². The van der Waals surface area contributed by atoms with Crippen LogP contribution in [0, 0.1) is 0 Å². The van der Waals surface area contributed by atoms with Gasteiger partial charge in [-0.2, -0.15) is 0 Å². The van der Waals surface area contributed by atoms with Crippen LogP contribution in [0.15, 0.2) is 29.8 Å². The van der Waals surface area contributed by atoms with Gasteiger partial charge in [0.05, 0.1) is 11.7 Å². The van der Waals surface area contributed by atoms with E-state index in [4.69, 9.17) is 23.7 Å². The highest BCUT2D eigenvalue weighted by Gasteiger charge is 2.46. The molecule has 1 aliphatic heterocycles. The molecule has 1 saturated heterocycles. The Balaban J connectivity index is 1.94. The summed E-state index contributed by atoms with van der Waals surface area (Å²) in [7, 11) is 3.20. The van der Waals surface area contributed by atoms with Gasteiger partial charge in [-0.05, 0) is 51.7 Å². The molecule has 140 valence electrons. The largest absolute Gasteiger partial charge is 0.467 e. The molecule has 0 aliphatic carbocycles. The number of benzene rings is 1. The fourth-order valence-electron chi connectivity index (χ4n) is 2.66. The highest BCUT2D eigenvalue weighted by molar-refractivity contribution is 5.42. The molecule has 1 aromatic rings. The van der Waals surface area contributed by atoms with Crippen molar-refractivity contribution in [3.63, 3.8) is 0 Å². The predicted molar refractivity (Wildman–Crippen MR) is 97.1 cm³/mol. The van der Waals surface area contributed by atoms with Crippen molar-refractivity contribution in [2.24, 2.45) is 0 Å². The zero-order chi connectivity index (χ0) is 18.3. The number of ether oxygens (including phenoxy) is 5. The first-order chi connectivity index (χ1) is 12.0. The predicted octanol–water partition coefficient (Wildman–Crippen LogP) is 4.10. The van der Waals surface area contributed by atoms with Crippen LogP contribution < -0.4 is 9.47 Å². The van der Waals surface area contributed by atoms with Gasteiger partial charge in [-0.1, -0.05) is 17.7 Å². The molecule has 5 heteroatoms. The molecular formula is C20H30O5. The molecule has 1 atom stereocenters. The van der Waals surface area contributed by atoms with Crippen molar-refractivity contribution in [2.45, 2.75) is 51.7 Å². The van der Waals surface area contributed by atoms with E-state index in [1.54, 1.807) is 14.2 Å². The van der Waals surface area contributed by atoms with E-state index in [9.17, 15) is 0 Å². The fourth-order valence-corrected chi connectivity index (χ4v) is 2.66. The maximum Gasteiger partial charge on any atom is 0.188 e. The zero-order valence-electron chi connectivity index (χ0n) is 16.0. The molecule has 0 radical (unpaired) electrons. The average Bonchev–Trinajstić information content (AvgIpc) is 3.21. The average molecular weight is 350 g/mol. The summed E-state index contributed by atoms with van der Waals surface area (Å²) >= 11 is 0. The number of hydrogen-bond acceptors (Lipinski definition) is 5. The van der Waals surface area contributed by atoms with Gasteiger partial charge >= 0.3 is 0 Å². The normalized spacial score (nSPS) is 18.9. The van der Waals surface area contributed by atoms with Crippen LogP contribution in [0.4, 0.5) is 0 Å². The second-order valence-electron chi connectivity index (χ2n) is 6.87. The molecule has 1 unspecified atom stereocenters. The summed E-state index contributed by atoms with van der Waals surface area (Å²) in [6.07, 6.45) is 5.59. The Kier molecular flexibility index (Phi) is 7.29. The van der Waals surface area contributed by atoms with Gasteiger partial charge in [-0.15, -0.1) is 0 Å². The van der Waals surface area contributed by atoms with Crippen molar-refractivity contribution in [2.75, 3.05) is 27.8 Å².